The highest BCUT2D eigenvalue weighted by atomic mass is 32.2. The van der Waals surface area contributed by atoms with Crippen molar-refractivity contribution in [2.75, 3.05) is 24.2 Å². The van der Waals surface area contributed by atoms with Crippen molar-refractivity contribution in [3.8, 4) is 5.75 Å². The number of hydrogen-bond acceptors (Lipinski definition) is 4. The Kier molecular flexibility index (Phi) is 7.64. The highest BCUT2D eigenvalue weighted by Crippen LogP contribution is 2.32. The molecule has 0 heterocycles. The highest BCUT2D eigenvalue weighted by Gasteiger charge is 2.24. The fourth-order valence-corrected chi connectivity index (χ4v) is 4.19. The third-order valence-corrected chi connectivity index (χ3v) is 6.10. The number of nitrogens with one attached hydrogen (secondary N) is 1. The maximum atomic E-state index is 13.6. The molecule has 31 heavy (non-hydrogen) atoms. The van der Waals surface area contributed by atoms with E-state index >= 15 is 0 Å². The van der Waals surface area contributed by atoms with Gasteiger partial charge in [-0.2, -0.15) is 0 Å². The van der Waals surface area contributed by atoms with E-state index in [1.54, 1.807) is 14.0 Å². The number of nitrogens with zero attached hydrogens (tertiary/aromatic N) is 1. The second-order valence-corrected chi connectivity index (χ2v) is 9.67. The number of aryl methyl sites for hydroxylation is 1. The minimum absolute atomic E-state index is 0.132. The number of amides is 1. The van der Waals surface area contributed by atoms with Gasteiger partial charge >= 0.3 is 0 Å². The van der Waals surface area contributed by atoms with E-state index in [0.29, 0.717) is 0 Å². The van der Waals surface area contributed by atoms with Crippen molar-refractivity contribution in [1.29, 1.82) is 0 Å². The zero-order valence-electron chi connectivity index (χ0n) is 18.5. The number of anilines is 1. The minimum atomic E-state index is -3.91. The van der Waals surface area contributed by atoms with Crippen LogP contribution in [-0.4, -0.2) is 34.2 Å². The molecule has 6 nitrogen and oxygen atoms in total. The van der Waals surface area contributed by atoms with Gasteiger partial charge in [0.15, 0.2) is 11.6 Å². The lowest BCUT2D eigenvalue weighted by Gasteiger charge is -2.24. The van der Waals surface area contributed by atoms with Crippen LogP contribution >= 0.6 is 0 Å². The maximum Gasteiger partial charge on any atom is 0.241 e. The Balaban J connectivity index is 2.27. The predicted molar refractivity (Wildman–Crippen MR) is 117 cm³/mol. The van der Waals surface area contributed by atoms with Gasteiger partial charge in [0.25, 0.3) is 0 Å². The quantitative estimate of drug-likeness (QED) is 0.653. The van der Waals surface area contributed by atoms with Crippen LogP contribution < -0.4 is 14.4 Å². The van der Waals surface area contributed by atoms with Crippen molar-refractivity contribution in [1.82, 2.24) is 5.32 Å². The van der Waals surface area contributed by atoms with Crippen LogP contribution in [0.2, 0.25) is 0 Å². The summed E-state index contributed by atoms with van der Waals surface area (Å²) in [6.07, 6.45) is 0.896. The molecule has 0 saturated heterocycles. The Bertz CT molecular complexity index is 1070. The van der Waals surface area contributed by atoms with E-state index < -0.39 is 40.2 Å². The molecule has 2 aromatic carbocycles. The summed E-state index contributed by atoms with van der Waals surface area (Å²) in [5.41, 5.74) is 2.64. The second-order valence-electron chi connectivity index (χ2n) is 7.76. The van der Waals surface area contributed by atoms with Crippen molar-refractivity contribution in [2.45, 2.75) is 39.7 Å². The van der Waals surface area contributed by atoms with Gasteiger partial charge in [-0.3, -0.25) is 9.10 Å². The molecule has 1 amide bonds. The highest BCUT2D eigenvalue weighted by molar-refractivity contribution is 7.92. The minimum Gasteiger partial charge on any atom is -0.496 e. The summed E-state index contributed by atoms with van der Waals surface area (Å²) in [5.74, 6) is -1.92. The summed E-state index contributed by atoms with van der Waals surface area (Å²) in [6.45, 7) is 7.19. The fraction of sp³-hybridized carbons (Fsp3) is 0.409. The second kappa shape index (κ2) is 9.64. The number of hydrogen-bond donors (Lipinski definition) is 1. The number of rotatable bonds is 8. The molecule has 0 aliphatic carbocycles. The third kappa shape index (κ3) is 5.94. The number of sulfonamides is 1. The van der Waals surface area contributed by atoms with Crippen molar-refractivity contribution in [3.63, 3.8) is 0 Å². The predicted octanol–water partition coefficient (Wildman–Crippen LogP) is 4.05. The molecule has 0 spiro atoms. The summed E-state index contributed by atoms with van der Waals surface area (Å²) in [7, 11) is -2.31. The standard InChI is InChI=1S/C22H28F2N2O4S/c1-13(2)17-11-18(14(3)9-21(17)30-5)15(4)25-22(27)12-26(31(6,28)29)16-7-8-19(23)20(24)10-16/h7-11,13,15H,12H2,1-6H3,(H,25,27)/t15-/m0/s1. The Hall–Kier alpha value is -2.68. The van der Waals surface area contributed by atoms with E-state index in [4.69, 9.17) is 4.74 Å². The van der Waals surface area contributed by atoms with Crippen LogP contribution in [0.3, 0.4) is 0 Å². The molecular formula is C22H28F2N2O4S. The van der Waals surface area contributed by atoms with Crippen LogP contribution in [0.15, 0.2) is 30.3 Å². The normalized spacial score (nSPS) is 12.5. The average molecular weight is 455 g/mol. The maximum absolute atomic E-state index is 13.6. The van der Waals surface area contributed by atoms with E-state index in [-0.39, 0.29) is 11.6 Å². The molecular weight excluding hydrogens is 426 g/mol. The topological polar surface area (TPSA) is 75.7 Å². The fourth-order valence-electron chi connectivity index (χ4n) is 3.35. The molecule has 1 N–H and O–H groups in total. The molecule has 0 bridgehead atoms. The number of methoxy groups -OCH3 is 1. The number of benzene rings is 2. The van der Waals surface area contributed by atoms with Gasteiger partial charge in [-0.05, 0) is 60.7 Å². The molecule has 0 unspecified atom stereocenters. The van der Waals surface area contributed by atoms with Crippen molar-refractivity contribution in [2.24, 2.45) is 0 Å². The molecule has 0 aliphatic rings. The average Bonchev–Trinajstić information content (AvgIpc) is 2.66. The van der Waals surface area contributed by atoms with Crippen LogP contribution in [0.4, 0.5) is 14.5 Å². The lowest BCUT2D eigenvalue weighted by molar-refractivity contribution is -0.120. The van der Waals surface area contributed by atoms with Gasteiger partial charge in [0.1, 0.15) is 12.3 Å². The third-order valence-electron chi connectivity index (χ3n) is 4.96. The lowest BCUT2D eigenvalue weighted by Crippen LogP contribution is -2.41. The van der Waals surface area contributed by atoms with E-state index in [0.717, 1.165) is 51.2 Å². The molecule has 1 atom stereocenters. The zero-order chi connectivity index (χ0) is 23.5. The smallest absolute Gasteiger partial charge is 0.241 e. The van der Waals surface area contributed by atoms with Gasteiger partial charge in [0.2, 0.25) is 15.9 Å². The van der Waals surface area contributed by atoms with E-state index in [2.05, 4.69) is 5.32 Å². The molecule has 0 radical (unpaired) electrons. The van der Waals surface area contributed by atoms with Crippen LogP contribution in [0, 0.1) is 18.6 Å². The summed E-state index contributed by atoms with van der Waals surface area (Å²) in [4.78, 5) is 12.7. The van der Waals surface area contributed by atoms with Crippen LogP contribution in [0.25, 0.3) is 0 Å². The molecule has 0 aliphatic heterocycles. The van der Waals surface area contributed by atoms with Gasteiger partial charge in [-0.15, -0.1) is 0 Å². The summed E-state index contributed by atoms with van der Waals surface area (Å²) in [6, 6.07) is 6.12. The Morgan fingerprint density at radius 2 is 1.74 bits per heavy atom. The van der Waals surface area contributed by atoms with Gasteiger partial charge in [0, 0.05) is 6.07 Å². The first kappa shape index (κ1) is 24.6. The number of ether oxygens (including phenoxy) is 1. The summed E-state index contributed by atoms with van der Waals surface area (Å²) < 4.78 is 57.4. The number of halogens is 2. The van der Waals surface area contributed by atoms with Crippen LogP contribution in [0.1, 0.15) is 49.4 Å². The summed E-state index contributed by atoms with van der Waals surface area (Å²) in [5, 5.41) is 2.79. The first-order valence-electron chi connectivity index (χ1n) is 9.75. The number of carbonyl (C=O) groups is 1. The molecule has 0 aromatic heterocycles. The van der Waals surface area contributed by atoms with Crippen molar-refractivity contribution in [3.05, 3.63) is 58.7 Å². The molecule has 0 saturated carbocycles. The van der Waals surface area contributed by atoms with Crippen LogP contribution in [0.5, 0.6) is 5.75 Å². The molecule has 2 rings (SSSR count). The first-order valence-corrected chi connectivity index (χ1v) is 11.6. The number of carbonyl (C=O) groups excluding carboxylic acids is 1. The monoisotopic (exact) mass is 454 g/mol. The van der Waals surface area contributed by atoms with Gasteiger partial charge in [-0.1, -0.05) is 13.8 Å². The SMILES string of the molecule is COc1cc(C)c([C@H](C)NC(=O)CN(c2ccc(F)c(F)c2)S(C)(=O)=O)cc1C(C)C. The van der Waals surface area contributed by atoms with E-state index in [9.17, 15) is 22.0 Å². The molecule has 2 aromatic rings. The lowest BCUT2D eigenvalue weighted by atomic mass is 9.93. The molecule has 9 heteroatoms. The van der Waals surface area contributed by atoms with Gasteiger partial charge in [0.05, 0.1) is 25.1 Å². The van der Waals surface area contributed by atoms with Gasteiger partial charge < -0.3 is 10.1 Å². The summed E-state index contributed by atoms with van der Waals surface area (Å²) >= 11 is 0. The van der Waals surface area contributed by atoms with E-state index in [1.165, 1.54) is 0 Å². The first-order chi connectivity index (χ1) is 14.3. The van der Waals surface area contributed by atoms with E-state index in [1.807, 2.05) is 32.9 Å². The Morgan fingerprint density at radius 1 is 1.10 bits per heavy atom. The van der Waals surface area contributed by atoms with Gasteiger partial charge in [-0.25, -0.2) is 17.2 Å². The zero-order valence-corrected chi connectivity index (χ0v) is 19.3. The largest absolute Gasteiger partial charge is 0.496 e. The van der Waals surface area contributed by atoms with Crippen molar-refractivity contribution < 1.29 is 26.7 Å². The van der Waals surface area contributed by atoms with Crippen LogP contribution in [-0.2, 0) is 14.8 Å². The molecule has 170 valence electrons. The van der Waals surface area contributed by atoms with Crippen molar-refractivity contribution >= 4 is 21.6 Å². The molecule has 0 fully saturated rings. The Morgan fingerprint density at radius 3 is 2.26 bits per heavy atom. The Labute approximate surface area is 182 Å².